The van der Waals surface area contributed by atoms with E-state index in [-0.39, 0.29) is 17.3 Å². The van der Waals surface area contributed by atoms with E-state index in [4.69, 9.17) is 9.47 Å². The molecule has 0 saturated heterocycles. The fraction of sp³-hybridized carbons (Fsp3) is 0.0476. The van der Waals surface area contributed by atoms with Gasteiger partial charge in [-0.3, -0.25) is 9.78 Å². The third-order valence-corrected chi connectivity index (χ3v) is 3.96. The molecule has 0 saturated carbocycles. The van der Waals surface area contributed by atoms with Gasteiger partial charge in [0.25, 0.3) is 0 Å². The first-order valence-corrected chi connectivity index (χ1v) is 8.10. The molecule has 0 amide bonds. The van der Waals surface area contributed by atoms with Crippen molar-refractivity contribution in [2.45, 2.75) is 6.61 Å². The van der Waals surface area contributed by atoms with E-state index in [2.05, 4.69) is 4.98 Å². The molecule has 26 heavy (non-hydrogen) atoms. The van der Waals surface area contributed by atoms with E-state index in [1.165, 1.54) is 12.1 Å². The molecule has 2 aromatic carbocycles. The molecule has 0 unspecified atom stereocenters. The summed E-state index contributed by atoms with van der Waals surface area (Å²) in [7, 11) is 0. The van der Waals surface area contributed by atoms with E-state index < -0.39 is 0 Å². The zero-order valence-corrected chi connectivity index (χ0v) is 13.8. The van der Waals surface area contributed by atoms with Gasteiger partial charge in [-0.05, 0) is 36.4 Å². The summed E-state index contributed by atoms with van der Waals surface area (Å²) >= 11 is 0. The van der Waals surface area contributed by atoms with Crippen LogP contribution in [0, 0.1) is 0 Å². The Labute approximate surface area is 150 Å². The van der Waals surface area contributed by atoms with Gasteiger partial charge < -0.3 is 14.6 Å². The predicted octanol–water partition coefficient (Wildman–Crippen LogP) is 3.98. The minimum atomic E-state index is -0.223. The lowest BCUT2D eigenvalue weighted by atomic mass is 10.1. The van der Waals surface area contributed by atoms with Gasteiger partial charge in [0.2, 0.25) is 5.78 Å². The van der Waals surface area contributed by atoms with E-state index in [9.17, 15) is 9.90 Å². The Bertz CT molecular complexity index is 996. The van der Waals surface area contributed by atoms with Crippen molar-refractivity contribution in [2.75, 3.05) is 0 Å². The predicted molar refractivity (Wildman–Crippen MR) is 96.1 cm³/mol. The normalized spacial score (nSPS) is 14.2. The van der Waals surface area contributed by atoms with Gasteiger partial charge in [0.1, 0.15) is 23.9 Å². The molecule has 0 fully saturated rings. The standard InChI is InChI=1S/C21H15NO4/c23-16-8-9-17-19(12-16)26-20(21(17)24)11-14-5-1-2-7-18(14)25-13-15-6-3-4-10-22-15/h1-12,23H,13H2/b20-11+. The van der Waals surface area contributed by atoms with Gasteiger partial charge >= 0.3 is 0 Å². The lowest BCUT2D eigenvalue weighted by molar-refractivity contribution is 0.101. The van der Waals surface area contributed by atoms with Crippen molar-refractivity contribution in [3.8, 4) is 17.2 Å². The number of hydrogen-bond donors (Lipinski definition) is 1. The summed E-state index contributed by atoms with van der Waals surface area (Å²) in [6.45, 7) is 0.323. The summed E-state index contributed by atoms with van der Waals surface area (Å²) in [5.41, 5.74) is 1.97. The number of carbonyl (C=O) groups is 1. The van der Waals surface area contributed by atoms with Crippen LogP contribution in [0.4, 0.5) is 0 Å². The van der Waals surface area contributed by atoms with Gasteiger partial charge in [0.05, 0.1) is 11.3 Å². The number of benzene rings is 2. The zero-order valence-electron chi connectivity index (χ0n) is 13.8. The lowest BCUT2D eigenvalue weighted by Crippen LogP contribution is -2.01. The molecule has 4 rings (SSSR count). The van der Waals surface area contributed by atoms with Crippen molar-refractivity contribution in [1.82, 2.24) is 4.98 Å². The van der Waals surface area contributed by atoms with Gasteiger partial charge in [-0.1, -0.05) is 24.3 Å². The summed E-state index contributed by atoms with van der Waals surface area (Å²) in [6, 6.07) is 17.5. The third kappa shape index (κ3) is 3.15. The Hall–Kier alpha value is -3.60. The molecule has 0 spiro atoms. The van der Waals surface area contributed by atoms with Gasteiger partial charge in [0.15, 0.2) is 5.76 Å². The minimum Gasteiger partial charge on any atom is -0.508 e. The smallest absolute Gasteiger partial charge is 0.231 e. The molecule has 3 aromatic rings. The molecule has 0 radical (unpaired) electrons. The fourth-order valence-electron chi connectivity index (χ4n) is 2.68. The number of rotatable bonds is 4. The van der Waals surface area contributed by atoms with Crippen LogP contribution in [-0.2, 0) is 6.61 Å². The van der Waals surface area contributed by atoms with Gasteiger partial charge in [0, 0.05) is 17.8 Å². The Balaban J connectivity index is 1.59. The average Bonchev–Trinajstić information content (AvgIpc) is 2.96. The first-order valence-electron chi connectivity index (χ1n) is 8.10. The maximum Gasteiger partial charge on any atom is 0.231 e. The number of ether oxygens (including phenoxy) is 2. The second-order valence-corrected chi connectivity index (χ2v) is 5.77. The topological polar surface area (TPSA) is 68.7 Å². The number of para-hydroxylation sites is 1. The number of nitrogens with zero attached hydrogens (tertiary/aromatic N) is 1. The molecular formula is C21H15NO4. The molecule has 0 aliphatic carbocycles. The number of fused-ring (bicyclic) bond motifs is 1. The lowest BCUT2D eigenvalue weighted by Gasteiger charge is -2.09. The highest BCUT2D eigenvalue weighted by Gasteiger charge is 2.27. The molecule has 1 N–H and O–H groups in total. The number of allylic oxidation sites excluding steroid dienone is 1. The summed E-state index contributed by atoms with van der Waals surface area (Å²) in [5.74, 6) is 1.00. The molecule has 1 aliphatic rings. The highest BCUT2D eigenvalue weighted by Crippen LogP contribution is 2.35. The summed E-state index contributed by atoms with van der Waals surface area (Å²) < 4.78 is 11.5. The molecule has 1 aliphatic heterocycles. The maximum absolute atomic E-state index is 12.5. The number of aromatic nitrogens is 1. The number of aromatic hydroxyl groups is 1. The zero-order chi connectivity index (χ0) is 17.9. The van der Waals surface area contributed by atoms with Crippen molar-refractivity contribution in [3.05, 3.63) is 89.4 Å². The van der Waals surface area contributed by atoms with Crippen LogP contribution in [0.25, 0.3) is 6.08 Å². The number of Topliss-reactive ketones (excluding diaryl/α,β-unsaturated/α-hetero) is 1. The first-order chi connectivity index (χ1) is 12.7. The molecule has 5 heteroatoms. The van der Waals surface area contributed by atoms with Gasteiger partial charge in [-0.25, -0.2) is 0 Å². The molecule has 0 bridgehead atoms. The van der Waals surface area contributed by atoms with Crippen LogP contribution in [0.2, 0.25) is 0 Å². The molecule has 1 aromatic heterocycles. The van der Waals surface area contributed by atoms with Crippen LogP contribution in [-0.4, -0.2) is 15.9 Å². The average molecular weight is 345 g/mol. The summed E-state index contributed by atoms with van der Waals surface area (Å²) in [4.78, 5) is 16.7. The Morgan fingerprint density at radius 3 is 2.77 bits per heavy atom. The number of phenolic OH excluding ortho intramolecular Hbond substituents is 1. The number of pyridine rings is 1. The Kier molecular flexibility index (Phi) is 4.11. The van der Waals surface area contributed by atoms with Crippen molar-refractivity contribution in [3.63, 3.8) is 0 Å². The second-order valence-electron chi connectivity index (χ2n) is 5.77. The molecule has 0 atom stereocenters. The molecule has 5 nitrogen and oxygen atoms in total. The van der Waals surface area contributed by atoms with Crippen molar-refractivity contribution < 1.29 is 19.4 Å². The third-order valence-electron chi connectivity index (χ3n) is 3.96. The summed E-state index contributed by atoms with van der Waals surface area (Å²) in [6.07, 6.45) is 3.36. The van der Waals surface area contributed by atoms with Crippen molar-refractivity contribution in [2.24, 2.45) is 0 Å². The van der Waals surface area contributed by atoms with Gasteiger partial charge in [-0.2, -0.15) is 0 Å². The fourth-order valence-corrected chi connectivity index (χ4v) is 2.68. The van der Waals surface area contributed by atoms with Crippen LogP contribution in [0.1, 0.15) is 21.6 Å². The number of ketones is 1. The van der Waals surface area contributed by atoms with Crippen LogP contribution >= 0.6 is 0 Å². The first kappa shape index (κ1) is 15.9. The van der Waals surface area contributed by atoms with Crippen molar-refractivity contribution >= 4 is 11.9 Å². The minimum absolute atomic E-state index is 0.0527. The Morgan fingerprint density at radius 2 is 1.92 bits per heavy atom. The second kappa shape index (κ2) is 6.72. The van der Waals surface area contributed by atoms with E-state index >= 15 is 0 Å². The number of phenols is 1. The van der Waals surface area contributed by atoms with E-state index in [0.29, 0.717) is 23.7 Å². The van der Waals surface area contributed by atoms with Gasteiger partial charge in [-0.15, -0.1) is 0 Å². The van der Waals surface area contributed by atoms with Crippen LogP contribution in [0.3, 0.4) is 0 Å². The summed E-state index contributed by atoms with van der Waals surface area (Å²) in [5, 5.41) is 9.54. The van der Waals surface area contributed by atoms with E-state index in [0.717, 1.165) is 11.3 Å². The van der Waals surface area contributed by atoms with E-state index in [1.807, 2.05) is 42.5 Å². The molecule has 2 heterocycles. The van der Waals surface area contributed by atoms with Crippen LogP contribution in [0.15, 0.2) is 72.6 Å². The molecular weight excluding hydrogens is 330 g/mol. The SMILES string of the molecule is O=C1/C(=C\c2ccccc2OCc2ccccn2)Oc2cc(O)ccc21. The van der Waals surface area contributed by atoms with Crippen LogP contribution < -0.4 is 9.47 Å². The largest absolute Gasteiger partial charge is 0.508 e. The highest BCUT2D eigenvalue weighted by atomic mass is 16.5. The quantitative estimate of drug-likeness (QED) is 0.724. The maximum atomic E-state index is 12.5. The van der Waals surface area contributed by atoms with E-state index in [1.54, 1.807) is 18.3 Å². The number of carbonyl (C=O) groups excluding carboxylic acids is 1. The van der Waals surface area contributed by atoms with Crippen molar-refractivity contribution in [1.29, 1.82) is 0 Å². The molecule has 128 valence electrons. The monoisotopic (exact) mass is 345 g/mol. The number of hydrogen-bond acceptors (Lipinski definition) is 5. The Morgan fingerprint density at radius 1 is 1.08 bits per heavy atom. The van der Waals surface area contributed by atoms with Crippen LogP contribution in [0.5, 0.6) is 17.2 Å². The highest BCUT2D eigenvalue weighted by molar-refractivity contribution is 6.14.